The fourth-order valence-corrected chi connectivity index (χ4v) is 3.32. The monoisotopic (exact) mass is 373 g/mol. The van der Waals surface area contributed by atoms with Crippen LogP contribution in [0.3, 0.4) is 0 Å². The Morgan fingerprint density at radius 3 is 2.57 bits per heavy atom. The second kappa shape index (κ2) is 7.18. The largest absolute Gasteiger partial charge is 0.481 e. The molecule has 0 aromatic heterocycles. The van der Waals surface area contributed by atoms with Crippen molar-refractivity contribution in [1.29, 1.82) is 0 Å². The summed E-state index contributed by atoms with van der Waals surface area (Å²) in [6.45, 7) is 2.62. The van der Waals surface area contributed by atoms with Gasteiger partial charge in [-0.2, -0.15) is 0 Å². The SMILES string of the molecule is C[C@@H](Oc1ccc(Br)cc1)C(=O)N1CCC[C@H]1c1ccccc1. The molecule has 0 unspecified atom stereocenters. The van der Waals surface area contributed by atoms with Crippen molar-refractivity contribution < 1.29 is 9.53 Å². The van der Waals surface area contributed by atoms with Gasteiger partial charge in [-0.05, 0) is 49.6 Å². The molecule has 1 fully saturated rings. The summed E-state index contributed by atoms with van der Waals surface area (Å²) in [5.74, 6) is 0.767. The van der Waals surface area contributed by atoms with Crippen molar-refractivity contribution in [3.05, 3.63) is 64.6 Å². The highest BCUT2D eigenvalue weighted by atomic mass is 79.9. The molecule has 1 aliphatic heterocycles. The van der Waals surface area contributed by atoms with E-state index in [0.717, 1.165) is 23.9 Å². The summed E-state index contributed by atoms with van der Waals surface area (Å²) in [7, 11) is 0. The molecule has 0 saturated carbocycles. The summed E-state index contributed by atoms with van der Waals surface area (Å²) in [6, 6.07) is 18.0. The maximum atomic E-state index is 12.8. The Bertz CT molecular complexity index is 657. The molecule has 1 amide bonds. The molecule has 3 nitrogen and oxygen atoms in total. The molecule has 3 rings (SSSR count). The summed E-state index contributed by atoms with van der Waals surface area (Å²) in [6.07, 6.45) is 1.57. The van der Waals surface area contributed by atoms with Crippen molar-refractivity contribution in [2.45, 2.75) is 31.9 Å². The summed E-state index contributed by atoms with van der Waals surface area (Å²) < 4.78 is 6.81. The quantitative estimate of drug-likeness (QED) is 0.784. The number of amides is 1. The molecule has 1 aliphatic rings. The van der Waals surface area contributed by atoms with E-state index >= 15 is 0 Å². The highest BCUT2D eigenvalue weighted by molar-refractivity contribution is 9.10. The molecule has 0 radical (unpaired) electrons. The minimum absolute atomic E-state index is 0.0549. The summed E-state index contributed by atoms with van der Waals surface area (Å²) in [5.41, 5.74) is 1.20. The van der Waals surface area contributed by atoms with E-state index in [1.807, 2.05) is 54.3 Å². The number of carbonyl (C=O) groups excluding carboxylic acids is 1. The number of carbonyl (C=O) groups is 1. The molecular weight excluding hydrogens is 354 g/mol. The lowest BCUT2D eigenvalue weighted by molar-refractivity contribution is -0.138. The Balaban J connectivity index is 1.70. The van der Waals surface area contributed by atoms with Gasteiger partial charge in [-0.3, -0.25) is 4.79 Å². The number of ether oxygens (including phenoxy) is 1. The first-order valence-corrected chi connectivity index (χ1v) is 8.72. The molecule has 0 N–H and O–H groups in total. The Hall–Kier alpha value is -1.81. The van der Waals surface area contributed by atoms with E-state index in [-0.39, 0.29) is 11.9 Å². The van der Waals surface area contributed by atoms with E-state index in [1.54, 1.807) is 0 Å². The first-order valence-electron chi connectivity index (χ1n) is 7.93. The molecule has 2 aromatic carbocycles. The second-order valence-corrected chi connectivity index (χ2v) is 6.73. The van der Waals surface area contributed by atoms with Crippen molar-refractivity contribution in [2.24, 2.45) is 0 Å². The van der Waals surface area contributed by atoms with Crippen LogP contribution in [0.2, 0.25) is 0 Å². The zero-order valence-corrected chi connectivity index (χ0v) is 14.7. The first kappa shape index (κ1) is 16.1. The second-order valence-electron chi connectivity index (χ2n) is 5.81. The third-order valence-corrected chi connectivity index (χ3v) is 4.72. The molecule has 4 heteroatoms. The standard InChI is InChI=1S/C19H20BrNO2/c1-14(23-17-11-9-16(20)10-12-17)19(22)21-13-5-8-18(21)15-6-3-2-4-7-15/h2-4,6-7,9-12,14,18H,5,8,13H2,1H3/t14-,18+/m1/s1. The van der Waals surface area contributed by atoms with Gasteiger partial charge in [0.2, 0.25) is 0 Å². The summed E-state index contributed by atoms with van der Waals surface area (Å²) in [5, 5.41) is 0. The van der Waals surface area contributed by atoms with Gasteiger partial charge in [-0.1, -0.05) is 46.3 Å². The summed E-state index contributed by atoms with van der Waals surface area (Å²) in [4.78, 5) is 14.7. The molecule has 1 saturated heterocycles. The van der Waals surface area contributed by atoms with E-state index in [1.165, 1.54) is 5.56 Å². The van der Waals surface area contributed by atoms with E-state index in [2.05, 4.69) is 28.1 Å². The van der Waals surface area contributed by atoms with Crippen LogP contribution in [0.25, 0.3) is 0 Å². The number of nitrogens with zero attached hydrogens (tertiary/aromatic N) is 1. The predicted molar refractivity (Wildman–Crippen MR) is 94.4 cm³/mol. The third kappa shape index (κ3) is 3.75. The Morgan fingerprint density at radius 2 is 1.87 bits per heavy atom. The van der Waals surface area contributed by atoms with Crippen LogP contribution in [-0.4, -0.2) is 23.5 Å². The Morgan fingerprint density at radius 1 is 1.17 bits per heavy atom. The van der Waals surface area contributed by atoms with Crippen molar-refractivity contribution in [3.63, 3.8) is 0 Å². The molecule has 120 valence electrons. The lowest BCUT2D eigenvalue weighted by Crippen LogP contribution is -2.40. The minimum Gasteiger partial charge on any atom is -0.481 e. The van der Waals surface area contributed by atoms with Crippen LogP contribution in [0.15, 0.2) is 59.1 Å². The average molecular weight is 374 g/mol. The van der Waals surface area contributed by atoms with Crippen LogP contribution in [-0.2, 0) is 4.79 Å². The zero-order valence-electron chi connectivity index (χ0n) is 13.1. The molecular formula is C19H20BrNO2. The van der Waals surface area contributed by atoms with Gasteiger partial charge in [-0.25, -0.2) is 0 Å². The van der Waals surface area contributed by atoms with Gasteiger partial charge in [0, 0.05) is 11.0 Å². The number of halogens is 1. The molecule has 0 spiro atoms. The average Bonchev–Trinajstić information content (AvgIpc) is 3.06. The van der Waals surface area contributed by atoms with Gasteiger partial charge < -0.3 is 9.64 Å². The van der Waals surface area contributed by atoms with Crippen LogP contribution in [0.5, 0.6) is 5.75 Å². The zero-order chi connectivity index (χ0) is 16.2. The normalized spacial score (nSPS) is 18.7. The molecule has 2 aromatic rings. The number of benzene rings is 2. The molecule has 0 aliphatic carbocycles. The molecule has 1 heterocycles. The van der Waals surface area contributed by atoms with E-state index in [4.69, 9.17) is 4.74 Å². The van der Waals surface area contributed by atoms with E-state index in [0.29, 0.717) is 5.75 Å². The lowest BCUT2D eigenvalue weighted by Gasteiger charge is -2.28. The van der Waals surface area contributed by atoms with Gasteiger partial charge in [-0.15, -0.1) is 0 Å². The van der Waals surface area contributed by atoms with Crippen LogP contribution < -0.4 is 4.74 Å². The molecule has 2 atom stereocenters. The van der Waals surface area contributed by atoms with Gasteiger partial charge in [0.1, 0.15) is 5.75 Å². The third-order valence-electron chi connectivity index (χ3n) is 4.19. The lowest BCUT2D eigenvalue weighted by atomic mass is 10.0. The predicted octanol–water partition coefficient (Wildman–Crippen LogP) is 4.58. The van der Waals surface area contributed by atoms with Gasteiger partial charge >= 0.3 is 0 Å². The smallest absolute Gasteiger partial charge is 0.263 e. The number of rotatable bonds is 4. The maximum Gasteiger partial charge on any atom is 0.263 e. The van der Waals surface area contributed by atoms with Crippen LogP contribution in [0.4, 0.5) is 0 Å². The van der Waals surface area contributed by atoms with Gasteiger partial charge in [0.05, 0.1) is 6.04 Å². The van der Waals surface area contributed by atoms with E-state index in [9.17, 15) is 4.79 Å². The van der Waals surface area contributed by atoms with Crippen molar-refractivity contribution in [3.8, 4) is 5.75 Å². The van der Waals surface area contributed by atoms with E-state index < -0.39 is 6.10 Å². The Labute approximate surface area is 145 Å². The Kier molecular flexibility index (Phi) is 5.01. The van der Waals surface area contributed by atoms with Gasteiger partial charge in [0.25, 0.3) is 5.91 Å². The van der Waals surface area contributed by atoms with Crippen molar-refractivity contribution >= 4 is 21.8 Å². The maximum absolute atomic E-state index is 12.8. The highest BCUT2D eigenvalue weighted by Gasteiger charge is 2.33. The highest BCUT2D eigenvalue weighted by Crippen LogP contribution is 2.32. The van der Waals surface area contributed by atoms with Crippen LogP contribution in [0, 0.1) is 0 Å². The van der Waals surface area contributed by atoms with Crippen molar-refractivity contribution in [2.75, 3.05) is 6.54 Å². The number of hydrogen-bond acceptors (Lipinski definition) is 2. The fraction of sp³-hybridized carbons (Fsp3) is 0.316. The van der Waals surface area contributed by atoms with Gasteiger partial charge in [0.15, 0.2) is 6.10 Å². The summed E-state index contributed by atoms with van der Waals surface area (Å²) >= 11 is 3.40. The fourth-order valence-electron chi connectivity index (χ4n) is 3.05. The first-order chi connectivity index (χ1) is 11.1. The minimum atomic E-state index is -0.486. The van der Waals surface area contributed by atoms with Crippen molar-refractivity contribution in [1.82, 2.24) is 4.90 Å². The molecule has 0 bridgehead atoms. The molecule has 23 heavy (non-hydrogen) atoms. The topological polar surface area (TPSA) is 29.5 Å². The number of hydrogen-bond donors (Lipinski definition) is 0. The number of likely N-dealkylation sites (tertiary alicyclic amines) is 1. The van der Waals surface area contributed by atoms with Crippen LogP contribution in [0.1, 0.15) is 31.4 Å². The van der Waals surface area contributed by atoms with Crippen LogP contribution >= 0.6 is 15.9 Å².